The summed E-state index contributed by atoms with van der Waals surface area (Å²) in [5.74, 6) is -2.11. The van der Waals surface area contributed by atoms with E-state index in [1.165, 1.54) is 57.4 Å². The lowest BCUT2D eigenvalue weighted by Gasteiger charge is -2.01. The van der Waals surface area contributed by atoms with E-state index in [1.807, 2.05) is 0 Å². The molecule has 0 radical (unpaired) electrons. The molecule has 5 nitrogen and oxygen atoms in total. The lowest BCUT2D eigenvalue weighted by atomic mass is 10.1. The first-order valence-corrected chi connectivity index (χ1v) is 11.5. The molecule has 0 N–H and O–H groups in total. The van der Waals surface area contributed by atoms with Gasteiger partial charge in [0.2, 0.25) is 0 Å². The first-order chi connectivity index (χ1) is 14.6. The molecule has 0 aromatic heterocycles. The van der Waals surface area contributed by atoms with Crippen LogP contribution >= 0.6 is 0 Å². The van der Waals surface area contributed by atoms with Gasteiger partial charge in [-0.15, -0.1) is 0 Å². The summed E-state index contributed by atoms with van der Waals surface area (Å²) in [6, 6.07) is 0. The van der Waals surface area contributed by atoms with E-state index >= 15 is 0 Å². The Morgan fingerprint density at radius 3 is 1.87 bits per heavy atom. The molecule has 0 saturated heterocycles. The maximum absolute atomic E-state index is 11.6. The molecule has 0 fully saturated rings. The second-order valence-corrected chi connectivity index (χ2v) is 7.38. The predicted molar refractivity (Wildman–Crippen MR) is 121 cm³/mol. The number of carbonyl (C=O) groups is 3. The lowest BCUT2D eigenvalue weighted by molar-refractivity contribution is -0.156. The Hall–Kier alpha value is -2.17. The van der Waals surface area contributed by atoms with E-state index in [-0.39, 0.29) is 13.0 Å². The topological polar surface area (TPSA) is 69.7 Å². The third-order valence-corrected chi connectivity index (χ3v) is 4.56. The minimum atomic E-state index is -0.858. The zero-order valence-corrected chi connectivity index (χ0v) is 18.7. The summed E-state index contributed by atoms with van der Waals surface area (Å²) < 4.78 is 9.29. The molecule has 0 saturated carbocycles. The molecule has 170 valence electrons. The zero-order valence-electron chi connectivity index (χ0n) is 18.7. The highest BCUT2D eigenvalue weighted by molar-refractivity contribution is 5.96. The second-order valence-electron chi connectivity index (χ2n) is 7.38. The van der Waals surface area contributed by atoms with Crippen LogP contribution in [0.4, 0.5) is 0 Å². The first-order valence-electron chi connectivity index (χ1n) is 11.5. The number of carbonyl (C=O) groups excluding carboxylic acids is 3. The van der Waals surface area contributed by atoms with Gasteiger partial charge in [0.15, 0.2) is 0 Å². The largest absolute Gasteiger partial charge is 0.458 e. The van der Waals surface area contributed by atoms with Crippen molar-refractivity contribution in [1.82, 2.24) is 0 Å². The van der Waals surface area contributed by atoms with Crippen molar-refractivity contribution in [2.75, 3.05) is 6.61 Å². The average molecular weight is 421 g/mol. The summed E-state index contributed by atoms with van der Waals surface area (Å²) >= 11 is 0. The molecule has 0 spiro atoms. The Bertz CT molecular complexity index is 534. The summed E-state index contributed by atoms with van der Waals surface area (Å²) in [5, 5.41) is 0. The van der Waals surface area contributed by atoms with Gasteiger partial charge in [-0.05, 0) is 32.1 Å². The van der Waals surface area contributed by atoms with Crippen molar-refractivity contribution in [1.29, 1.82) is 0 Å². The summed E-state index contributed by atoms with van der Waals surface area (Å²) in [6.45, 7) is 5.71. The summed E-state index contributed by atoms with van der Waals surface area (Å²) in [5.41, 5.74) is 0. The van der Waals surface area contributed by atoms with E-state index < -0.39 is 17.9 Å². The normalized spacial score (nSPS) is 11.1. The quantitative estimate of drug-likeness (QED) is 0.0797. The molecule has 0 aliphatic carbocycles. The van der Waals surface area contributed by atoms with Crippen LogP contribution in [0.5, 0.6) is 0 Å². The van der Waals surface area contributed by atoms with Gasteiger partial charge in [0.25, 0.3) is 0 Å². The van der Waals surface area contributed by atoms with Gasteiger partial charge in [-0.25, -0.2) is 9.59 Å². The van der Waals surface area contributed by atoms with Crippen molar-refractivity contribution in [3.63, 3.8) is 0 Å². The van der Waals surface area contributed by atoms with Crippen LogP contribution in [0.1, 0.15) is 96.8 Å². The molecule has 0 aliphatic heterocycles. The standard InChI is InChI=1S/C25H40O5/c1-3-5-6-7-8-9-10-11-12-13-14-15-16-17-18-19-24(27)30-25(28)21-20-23(26)29-22-4-2/h4,11-12,20-21H,2-3,5-10,13-19,22H2,1H3. The molecule has 0 atom stereocenters. The zero-order chi connectivity index (χ0) is 22.3. The van der Waals surface area contributed by atoms with Crippen LogP contribution in [0, 0.1) is 0 Å². The van der Waals surface area contributed by atoms with Crippen LogP contribution in [-0.4, -0.2) is 24.5 Å². The van der Waals surface area contributed by atoms with Crippen LogP contribution in [0.3, 0.4) is 0 Å². The van der Waals surface area contributed by atoms with E-state index in [9.17, 15) is 14.4 Å². The Kier molecular flexibility index (Phi) is 20.0. The number of unbranched alkanes of at least 4 members (excludes halogenated alkanes) is 11. The molecule has 0 bridgehead atoms. The average Bonchev–Trinajstić information content (AvgIpc) is 2.73. The number of ether oxygens (including phenoxy) is 2. The molecule has 5 heteroatoms. The van der Waals surface area contributed by atoms with Crippen LogP contribution in [0.15, 0.2) is 37.0 Å². The maximum atomic E-state index is 11.6. The van der Waals surface area contributed by atoms with Crippen molar-refractivity contribution < 1.29 is 23.9 Å². The highest BCUT2D eigenvalue weighted by Gasteiger charge is 2.08. The van der Waals surface area contributed by atoms with Crippen LogP contribution in [-0.2, 0) is 23.9 Å². The van der Waals surface area contributed by atoms with E-state index in [0.29, 0.717) is 6.42 Å². The van der Waals surface area contributed by atoms with Gasteiger partial charge in [0.1, 0.15) is 6.61 Å². The van der Waals surface area contributed by atoms with Gasteiger partial charge < -0.3 is 9.47 Å². The number of hydrogen-bond acceptors (Lipinski definition) is 5. The van der Waals surface area contributed by atoms with E-state index in [2.05, 4.69) is 35.1 Å². The van der Waals surface area contributed by atoms with Gasteiger partial charge in [0.05, 0.1) is 0 Å². The summed E-state index contributed by atoms with van der Waals surface area (Å²) in [6.07, 6.45) is 23.4. The van der Waals surface area contributed by atoms with Crippen molar-refractivity contribution in [2.24, 2.45) is 0 Å². The number of hydrogen-bond donors (Lipinski definition) is 0. The fraction of sp³-hybridized carbons (Fsp3) is 0.640. The molecule has 30 heavy (non-hydrogen) atoms. The molecular weight excluding hydrogens is 380 g/mol. The van der Waals surface area contributed by atoms with Gasteiger partial charge in [-0.2, -0.15) is 0 Å². The van der Waals surface area contributed by atoms with Crippen LogP contribution in [0.2, 0.25) is 0 Å². The predicted octanol–water partition coefficient (Wildman–Crippen LogP) is 6.38. The molecule has 0 aliphatic rings. The second kappa shape index (κ2) is 21.5. The summed E-state index contributed by atoms with van der Waals surface area (Å²) in [7, 11) is 0. The number of esters is 3. The third kappa shape index (κ3) is 20.6. The van der Waals surface area contributed by atoms with Crippen LogP contribution in [0.25, 0.3) is 0 Å². The molecule has 0 unspecified atom stereocenters. The Morgan fingerprint density at radius 2 is 1.27 bits per heavy atom. The highest BCUT2D eigenvalue weighted by atomic mass is 16.6. The Morgan fingerprint density at radius 1 is 0.733 bits per heavy atom. The highest BCUT2D eigenvalue weighted by Crippen LogP contribution is 2.10. The van der Waals surface area contributed by atoms with Crippen LogP contribution < -0.4 is 0 Å². The molecule has 0 rings (SSSR count). The number of rotatable bonds is 19. The fourth-order valence-electron chi connectivity index (χ4n) is 2.86. The summed E-state index contributed by atoms with van der Waals surface area (Å²) in [4.78, 5) is 34.2. The monoisotopic (exact) mass is 420 g/mol. The minimum Gasteiger partial charge on any atom is -0.458 e. The molecule has 0 aromatic carbocycles. The van der Waals surface area contributed by atoms with Crippen molar-refractivity contribution in [3.05, 3.63) is 37.0 Å². The van der Waals surface area contributed by atoms with E-state index in [4.69, 9.17) is 0 Å². The molecule has 0 amide bonds. The van der Waals surface area contributed by atoms with Crippen molar-refractivity contribution in [3.8, 4) is 0 Å². The maximum Gasteiger partial charge on any atom is 0.338 e. The van der Waals surface area contributed by atoms with Gasteiger partial charge in [-0.1, -0.05) is 83.1 Å². The SMILES string of the molecule is C=CCOC(=O)C=CC(=O)OC(=O)CCCCCCCC=CCCCCCCCC. The third-order valence-electron chi connectivity index (χ3n) is 4.56. The minimum absolute atomic E-state index is 0.0621. The van der Waals surface area contributed by atoms with Gasteiger partial charge in [0, 0.05) is 18.6 Å². The van der Waals surface area contributed by atoms with Gasteiger partial charge >= 0.3 is 17.9 Å². The Balaban J connectivity index is 3.51. The van der Waals surface area contributed by atoms with E-state index in [0.717, 1.165) is 37.8 Å². The van der Waals surface area contributed by atoms with E-state index in [1.54, 1.807) is 0 Å². The molecule has 0 heterocycles. The molecular formula is C25H40O5. The fourth-order valence-corrected chi connectivity index (χ4v) is 2.86. The number of allylic oxidation sites excluding steroid dienone is 2. The smallest absolute Gasteiger partial charge is 0.338 e. The van der Waals surface area contributed by atoms with Crippen molar-refractivity contribution in [2.45, 2.75) is 96.8 Å². The Labute approximate surface area is 182 Å². The van der Waals surface area contributed by atoms with Gasteiger partial charge in [-0.3, -0.25) is 4.79 Å². The first kappa shape index (κ1) is 27.8. The van der Waals surface area contributed by atoms with Crippen molar-refractivity contribution >= 4 is 17.9 Å². The molecule has 0 aromatic rings. The lowest BCUT2D eigenvalue weighted by Crippen LogP contribution is -2.10.